The Bertz CT molecular complexity index is 715. The highest BCUT2D eigenvalue weighted by Crippen LogP contribution is 2.43. The number of fused-ring (bicyclic) bond motifs is 1. The standard InChI is InChI=1S/C22H35N3O2/c1-21(2,3)18-12-15(14-9-10-16(26-7)17(11-14)27-8)25-20(23-18)13-19(24-25)22(4,5)6/h9-11,15,18,20,23H,12-13H2,1-8H3. The monoisotopic (exact) mass is 373 g/mol. The van der Waals surface area contributed by atoms with Crippen LogP contribution in [0.1, 0.15) is 66.0 Å². The number of rotatable bonds is 3. The van der Waals surface area contributed by atoms with Gasteiger partial charge in [0.15, 0.2) is 11.5 Å². The topological polar surface area (TPSA) is 46.1 Å². The Labute approximate surface area is 164 Å². The first kappa shape index (κ1) is 20.0. The molecule has 0 aliphatic carbocycles. The normalized spacial score (nSPS) is 25.9. The van der Waals surface area contributed by atoms with E-state index in [1.807, 2.05) is 6.07 Å². The van der Waals surface area contributed by atoms with Crippen LogP contribution in [0.15, 0.2) is 23.3 Å². The summed E-state index contributed by atoms with van der Waals surface area (Å²) in [7, 11) is 3.37. The Hall–Kier alpha value is -1.75. The molecule has 0 saturated carbocycles. The lowest BCUT2D eigenvalue weighted by molar-refractivity contribution is 0.0324. The molecule has 3 rings (SSSR count). The minimum atomic E-state index is 0.0817. The number of hydrogen-bond acceptors (Lipinski definition) is 5. The maximum absolute atomic E-state index is 5.55. The zero-order valence-corrected chi connectivity index (χ0v) is 18.1. The third-order valence-electron chi connectivity index (χ3n) is 5.82. The van der Waals surface area contributed by atoms with Crippen LogP contribution >= 0.6 is 0 Å². The quantitative estimate of drug-likeness (QED) is 0.842. The van der Waals surface area contributed by atoms with E-state index < -0.39 is 0 Å². The molecule has 1 aromatic rings. The molecule has 0 radical (unpaired) electrons. The van der Waals surface area contributed by atoms with E-state index in [-0.39, 0.29) is 23.0 Å². The van der Waals surface area contributed by atoms with Crippen molar-refractivity contribution in [1.82, 2.24) is 10.3 Å². The first-order chi connectivity index (χ1) is 12.5. The van der Waals surface area contributed by atoms with E-state index >= 15 is 0 Å². The van der Waals surface area contributed by atoms with Crippen molar-refractivity contribution in [2.24, 2.45) is 15.9 Å². The summed E-state index contributed by atoms with van der Waals surface area (Å²) < 4.78 is 11.0. The summed E-state index contributed by atoms with van der Waals surface area (Å²) >= 11 is 0. The van der Waals surface area contributed by atoms with Crippen LogP contribution in [-0.4, -0.2) is 37.1 Å². The molecule has 2 heterocycles. The summed E-state index contributed by atoms with van der Waals surface area (Å²) in [6, 6.07) is 6.91. The van der Waals surface area contributed by atoms with Gasteiger partial charge in [-0.05, 0) is 29.5 Å². The molecule has 150 valence electrons. The highest BCUT2D eigenvalue weighted by Gasteiger charge is 2.44. The zero-order valence-electron chi connectivity index (χ0n) is 18.1. The van der Waals surface area contributed by atoms with E-state index in [1.165, 1.54) is 11.3 Å². The number of nitrogens with zero attached hydrogens (tertiary/aromatic N) is 2. The predicted molar refractivity (Wildman–Crippen MR) is 110 cm³/mol. The number of benzene rings is 1. The summed E-state index contributed by atoms with van der Waals surface area (Å²) in [5.74, 6) is 1.54. The van der Waals surface area contributed by atoms with Crippen molar-refractivity contribution in [3.63, 3.8) is 0 Å². The number of nitrogens with one attached hydrogen (secondary N) is 1. The van der Waals surface area contributed by atoms with Crippen molar-refractivity contribution >= 4 is 5.71 Å². The molecular weight excluding hydrogens is 338 g/mol. The molecule has 3 unspecified atom stereocenters. The highest BCUT2D eigenvalue weighted by molar-refractivity contribution is 5.90. The predicted octanol–water partition coefficient (Wildman–Crippen LogP) is 4.59. The van der Waals surface area contributed by atoms with Crippen molar-refractivity contribution in [3.05, 3.63) is 23.8 Å². The van der Waals surface area contributed by atoms with Gasteiger partial charge in [0, 0.05) is 23.6 Å². The van der Waals surface area contributed by atoms with Gasteiger partial charge in [0.1, 0.15) is 6.17 Å². The average Bonchev–Trinajstić information content (AvgIpc) is 3.04. The lowest BCUT2D eigenvalue weighted by Crippen LogP contribution is -2.57. The molecule has 5 nitrogen and oxygen atoms in total. The van der Waals surface area contributed by atoms with Crippen molar-refractivity contribution < 1.29 is 9.47 Å². The summed E-state index contributed by atoms with van der Waals surface area (Å²) in [6.07, 6.45) is 2.23. The largest absolute Gasteiger partial charge is 0.493 e. The molecule has 1 saturated heterocycles. The van der Waals surface area contributed by atoms with E-state index in [1.54, 1.807) is 14.2 Å². The first-order valence-electron chi connectivity index (χ1n) is 9.89. The average molecular weight is 374 g/mol. The van der Waals surface area contributed by atoms with Crippen LogP contribution in [0.3, 0.4) is 0 Å². The molecule has 0 bridgehead atoms. The van der Waals surface area contributed by atoms with Crippen LogP contribution in [0, 0.1) is 10.8 Å². The lowest BCUT2D eigenvalue weighted by Gasteiger charge is -2.46. The Balaban J connectivity index is 2.00. The second-order valence-corrected chi connectivity index (χ2v) is 9.85. The fraction of sp³-hybridized carbons (Fsp3) is 0.682. The third kappa shape index (κ3) is 3.93. The van der Waals surface area contributed by atoms with Gasteiger partial charge in [-0.25, -0.2) is 0 Å². The molecule has 2 aliphatic heterocycles. The fourth-order valence-corrected chi connectivity index (χ4v) is 3.99. The van der Waals surface area contributed by atoms with Crippen molar-refractivity contribution in [2.75, 3.05) is 14.2 Å². The molecule has 3 atom stereocenters. The molecule has 0 amide bonds. The van der Waals surface area contributed by atoms with Gasteiger partial charge in [-0.2, -0.15) is 5.10 Å². The van der Waals surface area contributed by atoms with E-state index in [0.29, 0.717) is 6.04 Å². The maximum atomic E-state index is 5.55. The van der Waals surface area contributed by atoms with Crippen molar-refractivity contribution in [3.8, 4) is 11.5 Å². The Morgan fingerprint density at radius 1 is 1.04 bits per heavy atom. The van der Waals surface area contributed by atoms with E-state index in [0.717, 1.165) is 24.3 Å². The summed E-state index contributed by atoms with van der Waals surface area (Å²) in [5.41, 5.74) is 2.76. The maximum Gasteiger partial charge on any atom is 0.161 e. The molecule has 27 heavy (non-hydrogen) atoms. The van der Waals surface area contributed by atoms with Crippen LogP contribution in [0.5, 0.6) is 11.5 Å². The van der Waals surface area contributed by atoms with Gasteiger partial charge in [-0.1, -0.05) is 47.6 Å². The minimum absolute atomic E-state index is 0.0817. The van der Waals surface area contributed by atoms with Crippen molar-refractivity contribution in [2.45, 2.75) is 72.6 Å². The molecule has 0 spiro atoms. The van der Waals surface area contributed by atoms with Crippen LogP contribution in [0.25, 0.3) is 0 Å². The van der Waals surface area contributed by atoms with Crippen LogP contribution < -0.4 is 14.8 Å². The second-order valence-electron chi connectivity index (χ2n) is 9.85. The zero-order chi connectivity index (χ0) is 20.0. The van der Waals surface area contributed by atoms with E-state index in [2.05, 4.69) is 64.0 Å². The van der Waals surface area contributed by atoms with E-state index in [9.17, 15) is 0 Å². The molecular formula is C22H35N3O2. The number of ether oxygens (including phenoxy) is 2. The van der Waals surface area contributed by atoms with Gasteiger partial charge < -0.3 is 9.47 Å². The molecule has 1 aromatic carbocycles. The molecule has 1 N–H and O–H groups in total. The van der Waals surface area contributed by atoms with Gasteiger partial charge in [0.2, 0.25) is 0 Å². The third-order valence-corrected chi connectivity index (χ3v) is 5.82. The highest BCUT2D eigenvalue weighted by atomic mass is 16.5. The Morgan fingerprint density at radius 3 is 2.26 bits per heavy atom. The van der Waals surface area contributed by atoms with Crippen LogP contribution in [0.4, 0.5) is 0 Å². The molecule has 1 fully saturated rings. The van der Waals surface area contributed by atoms with Gasteiger partial charge in [-0.3, -0.25) is 10.3 Å². The second kappa shape index (κ2) is 7.01. The Morgan fingerprint density at radius 2 is 1.70 bits per heavy atom. The van der Waals surface area contributed by atoms with Gasteiger partial charge in [0.25, 0.3) is 0 Å². The smallest absolute Gasteiger partial charge is 0.161 e. The lowest BCUT2D eigenvalue weighted by atomic mass is 9.79. The van der Waals surface area contributed by atoms with Gasteiger partial charge >= 0.3 is 0 Å². The summed E-state index contributed by atoms with van der Waals surface area (Å²) in [4.78, 5) is 0. The number of hydrogen-bond donors (Lipinski definition) is 1. The molecule has 5 heteroatoms. The van der Waals surface area contributed by atoms with Gasteiger partial charge in [-0.15, -0.1) is 0 Å². The fourth-order valence-electron chi connectivity index (χ4n) is 3.99. The SMILES string of the molecule is COc1ccc(C2CC(C(C)(C)C)NC3CC(C(C)(C)C)=NN32)cc1OC. The first-order valence-corrected chi connectivity index (χ1v) is 9.89. The van der Waals surface area contributed by atoms with Crippen LogP contribution in [-0.2, 0) is 0 Å². The minimum Gasteiger partial charge on any atom is -0.493 e. The van der Waals surface area contributed by atoms with Crippen molar-refractivity contribution in [1.29, 1.82) is 0 Å². The van der Waals surface area contributed by atoms with E-state index in [4.69, 9.17) is 14.6 Å². The van der Waals surface area contributed by atoms with Crippen LogP contribution in [0.2, 0.25) is 0 Å². The number of hydrazone groups is 1. The summed E-state index contributed by atoms with van der Waals surface area (Å²) in [6.45, 7) is 13.7. The molecule has 2 aliphatic rings. The number of methoxy groups -OCH3 is 2. The molecule has 0 aromatic heterocycles. The van der Waals surface area contributed by atoms with Gasteiger partial charge in [0.05, 0.1) is 20.3 Å². The summed E-state index contributed by atoms with van der Waals surface area (Å²) in [5, 5.41) is 11.2. The Kier molecular flexibility index (Phi) is 5.19.